The number of fused-ring (bicyclic) bond motifs is 1. The average Bonchev–Trinajstić information content (AvgIpc) is 3.14. The molecule has 3 aromatic rings. The van der Waals surface area contributed by atoms with E-state index in [1.807, 2.05) is 30.3 Å². The molecule has 0 aliphatic rings. The molecule has 30 heavy (non-hydrogen) atoms. The zero-order valence-electron chi connectivity index (χ0n) is 18.2. The third kappa shape index (κ3) is 4.11. The Morgan fingerprint density at radius 2 is 1.63 bits per heavy atom. The van der Waals surface area contributed by atoms with Gasteiger partial charge in [0, 0.05) is 27.2 Å². The molecule has 2 aromatic heterocycles. The largest absolute Gasteiger partial charge is 0.380 e. The number of benzene rings is 1. The summed E-state index contributed by atoms with van der Waals surface area (Å²) in [7, 11) is 3.07. The summed E-state index contributed by atoms with van der Waals surface area (Å²) in [6, 6.07) is 9.24. The molecule has 0 aliphatic heterocycles. The highest BCUT2D eigenvalue weighted by atomic mass is 16.3. The Bertz CT molecular complexity index is 1110. The van der Waals surface area contributed by atoms with Gasteiger partial charge in [0.05, 0.1) is 0 Å². The van der Waals surface area contributed by atoms with Crippen LogP contribution in [-0.2, 0) is 20.6 Å². The molecule has 0 saturated heterocycles. The van der Waals surface area contributed by atoms with Crippen LogP contribution in [0.1, 0.15) is 44.2 Å². The van der Waals surface area contributed by atoms with Crippen molar-refractivity contribution in [3.8, 4) is 0 Å². The van der Waals surface area contributed by atoms with E-state index in [1.54, 1.807) is 11.6 Å². The summed E-state index contributed by atoms with van der Waals surface area (Å²) in [6.07, 6.45) is 1.09. The Kier molecular flexibility index (Phi) is 6.89. The van der Waals surface area contributed by atoms with Crippen LogP contribution < -0.4 is 11.2 Å². The van der Waals surface area contributed by atoms with Gasteiger partial charge in [0.15, 0.2) is 11.2 Å². The topological polar surface area (TPSA) is 85.3 Å². The highest BCUT2D eigenvalue weighted by molar-refractivity contribution is 5.71. The predicted molar refractivity (Wildman–Crippen MR) is 118 cm³/mol. The molecular formula is C22H31N5O3. The van der Waals surface area contributed by atoms with Crippen molar-refractivity contribution >= 4 is 11.2 Å². The van der Waals surface area contributed by atoms with Crippen LogP contribution in [0, 0.1) is 0 Å². The van der Waals surface area contributed by atoms with Crippen LogP contribution >= 0.6 is 0 Å². The van der Waals surface area contributed by atoms with Crippen LogP contribution in [-0.4, -0.2) is 48.3 Å². The van der Waals surface area contributed by atoms with Gasteiger partial charge >= 0.3 is 5.69 Å². The van der Waals surface area contributed by atoms with Crippen molar-refractivity contribution < 1.29 is 5.11 Å². The maximum atomic E-state index is 13.0. The molecule has 3 rings (SSSR count). The smallest absolute Gasteiger partial charge is 0.332 e. The number of aryl methyl sites for hydroxylation is 1. The number of hydrogen-bond donors (Lipinski definition) is 1. The molecule has 162 valence electrons. The summed E-state index contributed by atoms with van der Waals surface area (Å²) in [5.74, 6) is 0.377. The van der Waals surface area contributed by atoms with Crippen molar-refractivity contribution in [1.29, 1.82) is 0 Å². The third-order valence-corrected chi connectivity index (χ3v) is 5.46. The van der Waals surface area contributed by atoms with Crippen LogP contribution in [0.15, 0.2) is 39.9 Å². The highest BCUT2D eigenvalue weighted by Gasteiger charge is 2.24. The molecule has 0 aliphatic carbocycles. The first-order valence-corrected chi connectivity index (χ1v) is 10.5. The number of aromatic nitrogens is 4. The van der Waals surface area contributed by atoms with Gasteiger partial charge in [-0.05, 0) is 31.5 Å². The zero-order valence-corrected chi connectivity index (χ0v) is 18.2. The Labute approximate surface area is 176 Å². The normalized spacial score (nSPS) is 12.7. The summed E-state index contributed by atoms with van der Waals surface area (Å²) in [5, 5.41) is 11.1. The summed E-state index contributed by atoms with van der Waals surface area (Å²) >= 11 is 0. The molecule has 8 heteroatoms. The SMILES string of the molecule is CCCN(CCC)CCn1c([C@H](O)c2ccccc2)nc2c1c(=O)n(C)c(=O)n2C. The van der Waals surface area contributed by atoms with Crippen LogP contribution in [0.25, 0.3) is 11.2 Å². The van der Waals surface area contributed by atoms with E-state index in [0.29, 0.717) is 29.1 Å². The lowest BCUT2D eigenvalue weighted by molar-refractivity contribution is 0.201. The van der Waals surface area contributed by atoms with Crippen molar-refractivity contribution in [2.24, 2.45) is 14.1 Å². The zero-order chi connectivity index (χ0) is 21.8. The maximum Gasteiger partial charge on any atom is 0.332 e. The number of nitrogens with zero attached hydrogens (tertiary/aromatic N) is 5. The molecular weight excluding hydrogens is 382 g/mol. The lowest BCUT2D eigenvalue weighted by Crippen LogP contribution is -2.38. The predicted octanol–water partition coefficient (Wildman–Crippen LogP) is 1.64. The van der Waals surface area contributed by atoms with Gasteiger partial charge in [0.25, 0.3) is 5.56 Å². The molecule has 0 radical (unpaired) electrons. The van der Waals surface area contributed by atoms with Crippen LogP contribution in [0.4, 0.5) is 0 Å². The number of aliphatic hydroxyl groups is 1. The van der Waals surface area contributed by atoms with E-state index >= 15 is 0 Å². The maximum absolute atomic E-state index is 13.0. The Morgan fingerprint density at radius 3 is 2.23 bits per heavy atom. The Hall–Kier alpha value is -2.71. The fourth-order valence-electron chi connectivity index (χ4n) is 3.89. The average molecular weight is 414 g/mol. The molecule has 0 spiro atoms. The standard InChI is InChI=1S/C22H31N5O3/c1-5-12-26(13-6-2)14-15-27-17-19(24(3)22(30)25(4)21(17)29)23-20(27)18(28)16-10-8-7-9-11-16/h7-11,18,28H,5-6,12-15H2,1-4H3/t18-/m1/s1. The molecule has 8 nitrogen and oxygen atoms in total. The lowest BCUT2D eigenvalue weighted by atomic mass is 10.1. The second-order valence-electron chi connectivity index (χ2n) is 7.65. The highest BCUT2D eigenvalue weighted by Crippen LogP contribution is 2.24. The minimum Gasteiger partial charge on any atom is -0.380 e. The lowest BCUT2D eigenvalue weighted by Gasteiger charge is -2.22. The van der Waals surface area contributed by atoms with Gasteiger partial charge in [-0.25, -0.2) is 9.78 Å². The van der Waals surface area contributed by atoms with E-state index in [-0.39, 0.29) is 0 Å². The van der Waals surface area contributed by atoms with Crippen molar-refractivity contribution in [3.05, 3.63) is 62.6 Å². The molecule has 0 fully saturated rings. The van der Waals surface area contributed by atoms with Crippen LogP contribution in [0.3, 0.4) is 0 Å². The minimum absolute atomic E-state index is 0.297. The molecule has 0 unspecified atom stereocenters. The quantitative estimate of drug-likeness (QED) is 0.576. The first-order valence-electron chi connectivity index (χ1n) is 10.5. The van der Waals surface area contributed by atoms with E-state index in [0.717, 1.165) is 37.0 Å². The second kappa shape index (κ2) is 9.40. The van der Waals surface area contributed by atoms with E-state index in [1.165, 1.54) is 11.6 Å². The fourth-order valence-corrected chi connectivity index (χ4v) is 3.89. The summed E-state index contributed by atoms with van der Waals surface area (Å²) in [5.41, 5.74) is 0.499. The van der Waals surface area contributed by atoms with Gasteiger partial charge in [0.2, 0.25) is 0 Å². The number of hydrogen-bond acceptors (Lipinski definition) is 5. The molecule has 0 saturated carbocycles. The van der Waals surface area contributed by atoms with Crippen molar-refractivity contribution in [1.82, 2.24) is 23.6 Å². The van der Waals surface area contributed by atoms with Gasteiger partial charge in [0.1, 0.15) is 11.9 Å². The van der Waals surface area contributed by atoms with E-state index in [4.69, 9.17) is 0 Å². The first kappa shape index (κ1) is 22.0. The number of imidazole rings is 1. The number of rotatable bonds is 9. The number of aliphatic hydroxyl groups excluding tert-OH is 1. The van der Waals surface area contributed by atoms with Gasteiger partial charge < -0.3 is 14.6 Å². The molecule has 1 atom stereocenters. The second-order valence-corrected chi connectivity index (χ2v) is 7.65. The van der Waals surface area contributed by atoms with Gasteiger partial charge in [-0.1, -0.05) is 44.2 Å². The molecule has 1 aromatic carbocycles. The third-order valence-electron chi connectivity index (χ3n) is 5.46. The molecule has 0 amide bonds. The van der Waals surface area contributed by atoms with Crippen molar-refractivity contribution in [3.63, 3.8) is 0 Å². The Balaban J connectivity index is 2.16. The summed E-state index contributed by atoms with van der Waals surface area (Å²) < 4.78 is 4.24. The van der Waals surface area contributed by atoms with Gasteiger partial charge in [-0.2, -0.15) is 0 Å². The Morgan fingerprint density at radius 1 is 1.00 bits per heavy atom. The van der Waals surface area contributed by atoms with Crippen LogP contribution in [0.2, 0.25) is 0 Å². The minimum atomic E-state index is -0.996. The van der Waals surface area contributed by atoms with E-state index in [2.05, 4.69) is 23.7 Å². The summed E-state index contributed by atoms with van der Waals surface area (Å²) in [6.45, 7) is 7.45. The molecule has 2 heterocycles. The summed E-state index contributed by atoms with van der Waals surface area (Å²) in [4.78, 5) is 32.3. The fraction of sp³-hybridized carbons (Fsp3) is 0.500. The van der Waals surface area contributed by atoms with E-state index < -0.39 is 17.4 Å². The van der Waals surface area contributed by atoms with Gasteiger partial charge in [-0.3, -0.25) is 13.9 Å². The van der Waals surface area contributed by atoms with Crippen molar-refractivity contribution in [2.45, 2.75) is 39.3 Å². The van der Waals surface area contributed by atoms with E-state index in [9.17, 15) is 14.7 Å². The van der Waals surface area contributed by atoms with Crippen LogP contribution in [0.5, 0.6) is 0 Å². The first-order chi connectivity index (χ1) is 14.4. The van der Waals surface area contributed by atoms with Gasteiger partial charge in [-0.15, -0.1) is 0 Å². The monoisotopic (exact) mass is 413 g/mol. The van der Waals surface area contributed by atoms with Crippen molar-refractivity contribution in [2.75, 3.05) is 19.6 Å². The molecule has 1 N–H and O–H groups in total. The molecule has 0 bridgehead atoms.